The second-order valence-electron chi connectivity index (χ2n) is 2.23. The summed E-state index contributed by atoms with van der Waals surface area (Å²) in [5, 5.41) is 0. The minimum absolute atomic E-state index is 0.0301. The van der Waals surface area contributed by atoms with Crippen molar-refractivity contribution in [3.05, 3.63) is 29.8 Å². The van der Waals surface area contributed by atoms with Gasteiger partial charge in [-0.15, -0.1) is 0 Å². The van der Waals surface area contributed by atoms with E-state index < -0.39 is 6.67 Å². The van der Waals surface area contributed by atoms with E-state index >= 15 is 0 Å². The summed E-state index contributed by atoms with van der Waals surface area (Å²) >= 11 is 0. The Morgan fingerprint density at radius 3 is 3.00 bits per heavy atom. The minimum Gasteiger partial charge on any atom is -0.491 e. The van der Waals surface area contributed by atoms with Crippen LogP contribution in [0.4, 0.5) is 4.39 Å². The molecule has 0 atom stereocenters. The largest absolute Gasteiger partial charge is 0.491 e. The molecule has 1 aromatic rings. The number of hydrogen-bond acceptors (Lipinski definition) is 2. The number of ether oxygens (including phenoxy) is 1. The molecule has 2 nitrogen and oxygen atoms in total. The van der Waals surface area contributed by atoms with Crippen molar-refractivity contribution < 1.29 is 13.9 Å². The molecule has 0 spiro atoms. The summed E-state index contributed by atoms with van der Waals surface area (Å²) in [4.78, 5) is 10.3. The molecule has 0 N–H and O–H groups in total. The van der Waals surface area contributed by atoms with Gasteiger partial charge in [0.25, 0.3) is 0 Å². The first kappa shape index (κ1) is 8.71. The summed E-state index contributed by atoms with van der Waals surface area (Å²) in [6.07, 6.45) is 0.725. The van der Waals surface area contributed by atoms with E-state index in [2.05, 4.69) is 0 Å². The smallest absolute Gasteiger partial charge is 0.150 e. The van der Waals surface area contributed by atoms with Gasteiger partial charge in [-0.25, -0.2) is 4.39 Å². The molecule has 0 saturated heterocycles. The maximum atomic E-state index is 11.7. The summed E-state index contributed by atoms with van der Waals surface area (Å²) in [6, 6.07) is 6.61. The highest BCUT2D eigenvalue weighted by molar-refractivity contribution is 5.75. The Hall–Kier alpha value is -1.38. The lowest BCUT2D eigenvalue weighted by Crippen LogP contribution is -1.98. The molecule has 0 bridgehead atoms. The number of aldehydes is 1. The summed E-state index contributed by atoms with van der Waals surface area (Å²) in [5.41, 5.74) is 0.534. The van der Waals surface area contributed by atoms with Gasteiger partial charge in [0.05, 0.1) is 0 Å². The Labute approximate surface area is 70.0 Å². The molecule has 12 heavy (non-hydrogen) atoms. The molecule has 1 aromatic carbocycles. The number of hydrogen-bond donors (Lipinski definition) is 0. The first-order valence-corrected chi connectivity index (χ1v) is 3.61. The van der Waals surface area contributed by atoms with Crippen molar-refractivity contribution in [3.8, 4) is 5.75 Å². The first-order valence-electron chi connectivity index (χ1n) is 3.61. The van der Waals surface area contributed by atoms with E-state index in [0.29, 0.717) is 11.3 Å². The highest BCUT2D eigenvalue weighted by Gasteiger charge is 1.94. The molecular weight excluding hydrogens is 159 g/mol. The fourth-order valence-corrected chi connectivity index (χ4v) is 0.834. The number of rotatable bonds is 4. The van der Waals surface area contributed by atoms with Crippen molar-refractivity contribution in [3.63, 3.8) is 0 Å². The zero-order valence-electron chi connectivity index (χ0n) is 6.50. The van der Waals surface area contributed by atoms with Gasteiger partial charge in [0.1, 0.15) is 25.3 Å². The number of carbonyl (C=O) groups excluding carboxylic acids is 1. The van der Waals surface area contributed by atoms with Crippen LogP contribution in [0.15, 0.2) is 24.3 Å². The summed E-state index contributed by atoms with van der Waals surface area (Å²) in [7, 11) is 0. The zero-order chi connectivity index (χ0) is 8.81. The Morgan fingerprint density at radius 2 is 2.33 bits per heavy atom. The van der Waals surface area contributed by atoms with Crippen LogP contribution in [0.3, 0.4) is 0 Å². The Morgan fingerprint density at radius 1 is 1.50 bits per heavy atom. The van der Waals surface area contributed by atoms with Gasteiger partial charge < -0.3 is 4.74 Å². The van der Waals surface area contributed by atoms with E-state index in [1.807, 2.05) is 0 Å². The van der Waals surface area contributed by atoms with Gasteiger partial charge >= 0.3 is 0 Å². The van der Waals surface area contributed by atoms with Crippen molar-refractivity contribution in [2.24, 2.45) is 0 Å². The third-order valence-electron chi connectivity index (χ3n) is 1.34. The number of alkyl halides is 1. The molecule has 0 aromatic heterocycles. The maximum absolute atomic E-state index is 11.7. The predicted octanol–water partition coefficient (Wildman–Crippen LogP) is 1.85. The molecule has 1 rings (SSSR count). The van der Waals surface area contributed by atoms with Crippen molar-refractivity contribution in [1.29, 1.82) is 0 Å². The van der Waals surface area contributed by atoms with Crippen LogP contribution in [0.25, 0.3) is 0 Å². The van der Waals surface area contributed by atoms with Gasteiger partial charge in [0, 0.05) is 5.56 Å². The third-order valence-corrected chi connectivity index (χ3v) is 1.34. The lowest BCUT2D eigenvalue weighted by atomic mass is 10.2. The van der Waals surface area contributed by atoms with Gasteiger partial charge in [-0.3, -0.25) is 4.79 Å². The van der Waals surface area contributed by atoms with E-state index in [4.69, 9.17) is 4.74 Å². The lowest BCUT2D eigenvalue weighted by molar-refractivity contribution is 0.112. The summed E-state index contributed by atoms with van der Waals surface area (Å²) in [6.45, 7) is -0.492. The van der Waals surface area contributed by atoms with E-state index in [9.17, 15) is 9.18 Å². The topological polar surface area (TPSA) is 26.3 Å². The zero-order valence-corrected chi connectivity index (χ0v) is 6.50. The van der Waals surface area contributed by atoms with Crippen LogP contribution in [-0.4, -0.2) is 19.6 Å². The average Bonchev–Trinajstić information content (AvgIpc) is 2.15. The van der Waals surface area contributed by atoms with Crippen LogP contribution in [-0.2, 0) is 0 Å². The monoisotopic (exact) mass is 168 g/mol. The quantitative estimate of drug-likeness (QED) is 0.641. The van der Waals surface area contributed by atoms with E-state index in [0.717, 1.165) is 6.29 Å². The van der Waals surface area contributed by atoms with Gasteiger partial charge in [0.15, 0.2) is 0 Å². The second-order valence-corrected chi connectivity index (χ2v) is 2.23. The molecule has 0 unspecified atom stereocenters. The molecular formula is C9H9FO2. The normalized spacial score (nSPS) is 9.42. The van der Waals surface area contributed by atoms with Gasteiger partial charge in [-0.05, 0) is 12.1 Å². The number of halogens is 1. The number of benzene rings is 1. The van der Waals surface area contributed by atoms with Crippen LogP contribution in [0.5, 0.6) is 5.75 Å². The van der Waals surface area contributed by atoms with Crippen LogP contribution in [0.2, 0.25) is 0 Å². The van der Waals surface area contributed by atoms with Gasteiger partial charge in [-0.2, -0.15) is 0 Å². The first-order chi connectivity index (χ1) is 5.86. The van der Waals surface area contributed by atoms with Gasteiger partial charge in [-0.1, -0.05) is 12.1 Å². The molecule has 0 radical (unpaired) electrons. The molecule has 0 aliphatic rings. The highest BCUT2D eigenvalue weighted by Crippen LogP contribution is 2.11. The van der Waals surface area contributed by atoms with Crippen molar-refractivity contribution in [1.82, 2.24) is 0 Å². The minimum atomic E-state index is -0.523. The second kappa shape index (κ2) is 4.49. The lowest BCUT2D eigenvalue weighted by Gasteiger charge is -2.02. The fourth-order valence-electron chi connectivity index (χ4n) is 0.834. The third kappa shape index (κ3) is 2.34. The SMILES string of the molecule is O=Cc1cccc(OCCF)c1. The molecule has 0 fully saturated rings. The average molecular weight is 168 g/mol. The Balaban J connectivity index is 2.66. The Kier molecular flexibility index (Phi) is 3.26. The summed E-state index contributed by atoms with van der Waals surface area (Å²) in [5.74, 6) is 0.525. The van der Waals surface area contributed by atoms with E-state index in [1.54, 1.807) is 24.3 Å². The van der Waals surface area contributed by atoms with Crippen LogP contribution >= 0.6 is 0 Å². The van der Waals surface area contributed by atoms with E-state index in [1.165, 1.54) is 0 Å². The fraction of sp³-hybridized carbons (Fsp3) is 0.222. The predicted molar refractivity (Wildman–Crippen MR) is 43.3 cm³/mol. The molecule has 0 heterocycles. The van der Waals surface area contributed by atoms with Crippen molar-refractivity contribution in [2.75, 3.05) is 13.3 Å². The van der Waals surface area contributed by atoms with Crippen molar-refractivity contribution in [2.45, 2.75) is 0 Å². The molecule has 0 aliphatic carbocycles. The van der Waals surface area contributed by atoms with Gasteiger partial charge in [0.2, 0.25) is 0 Å². The molecule has 0 saturated carbocycles. The van der Waals surface area contributed by atoms with Crippen LogP contribution in [0, 0.1) is 0 Å². The van der Waals surface area contributed by atoms with E-state index in [-0.39, 0.29) is 6.61 Å². The maximum Gasteiger partial charge on any atom is 0.150 e. The summed E-state index contributed by atoms with van der Waals surface area (Å²) < 4.78 is 16.6. The molecule has 0 amide bonds. The van der Waals surface area contributed by atoms with Crippen molar-refractivity contribution >= 4 is 6.29 Å². The Bertz CT molecular complexity index is 260. The number of carbonyl (C=O) groups is 1. The molecule has 64 valence electrons. The van der Waals surface area contributed by atoms with Crippen LogP contribution in [0.1, 0.15) is 10.4 Å². The molecule has 0 aliphatic heterocycles. The standard InChI is InChI=1S/C9H9FO2/c10-4-5-12-9-3-1-2-8(6-9)7-11/h1-3,6-7H,4-5H2. The molecule has 3 heteroatoms. The highest BCUT2D eigenvalue weighted by atomic mass is 19.1. The van der Waals surface area contributed by atoms with Crippen LogP contribution < -0.4 is 4.74 Å².